The molecule has 0 saturated carbocycles. The average Bonchev–Trinajstić information content (AvgIpc) is 2.31. The van der Waals surface area contributed by atoms with E-state index in [0.29, 0.717) is 22.5 Å². The van der Waals surface area contributed by atoms with Crippen LogP contribution in [0.1, 0.15) is 19.5 Å². The summed E-state index contributed by atoms with van der Waals surface area (Å²) < 4.78 is 13.5. The molecule has 0 spiro atoms. The summed E-state index contributed by atoms with van der Waals surface area (Å²) in [5.41, 5.74) is 1.41. The molecule has 0 atom stereocenters. The molecule has 0 saturated heterocycles. The van der Waals surface area contributed by atoms with Crippen LogP contribution in [-0.4, -0.2) is 9.97 Å². The van der Waals surface area contributed by atoms with Crippen LogP contribution in [0.4, 0.5) is 4.39 Å². The fraction of sp³-hybridized carbons (Fsp3) is 0.286. The van der Waals surface area contributed by atoms with E-state index in [2.05, 4.69) is 23.8 Å². The van der Waals surface area contributed by atoms with Gasteiger partial charge in [0.15, 0.2) is 5.82 Å². The molecule has 0 radical (unpaired) electrons. The third-order valence-corrected chi connectivity index (χ3v) is 3.04. The number of hydrogen-bond acceptors (Lipinski definition) is 2. The molecule has 0 amide bonds. The van der Waals surface area contributed by atoms with Gasteiger partial charge in [-0.25, -0.2) is 14.4 Å². The number of nitrogens with zero attached hydrogens (tertiary/aromatic N) is 2. The largest absolute Gasteiger partial charge is 0.233 e. The Morgan fingerprint density at radius 2 is 1.89 bits per heavy atom. The van der Waals surface area contributed by atoms with E-state index in [9.17, 15) is 4.39 Å². The zero-order chi connectivity index (χ0) is 14.0. The van der Waals surface area contributed by atoms with Crippen molar-refractivity contribution < 1.29 is 4.39 Å². The second-order valence-corrected chi connectivity index (χ2v) is 5.53. The van der Waals surface area contributed by atoms with Gasteiger partial charge in [-0.2, -0.15) is 0 Å². The van der Waals surface area contributed by atoms with Crippen molar-refractivity contribution in [2.24, 2.45) is 5.92 Å². The summed E-state index contributed by atoms with van der Waals surface area (Å²) in [6, 6.07) is 6.21. The maximum absolute atomic E-state index is 13.5. The van der Waals surface area contributed by atoms with Crippen molar-refractivity contribution in [3.8, 4) is 11.4 Å². The topological polar surface area (TPSA) is 25.8 Å². The second-order valence-electron chi connectivity index (χ2n) is 4.73. The highest BCUT2D eigenvalue weighted by Crippen LogP contribution is 2.23. The Bertz CT molecular complexity index is 600. The highest BCUT2D eigenvalue weighted by molar-refractivity contribution is 6.30. The quantitative estimate of drug-likeness (QED) is 0.762. The van der Waals surface area contributed by atoms with Gasteiger partial charge in [-0.15, -0.1) is 0 Å². The van der Waals surface area contributed by atoms with Crippen LogP contribution in [0.15, 0.2) is 24.3 Å². The van der Waals surface area contributed by atoms with E-state index < -0.39 is 5.82 Å². The maximum atomic E-state index is 13.5. The lowest BCUT2D eigenvalue weighted by Crippen LogP contribution is -2.01. The van der Waals surface area contributed by atoms with Gasteiger partial charge >= 0.3 is 0 Å². The Balaban J connectivity index is 2.43. The van der Waals surface area contributed by atoms with Crippen LogP contribution in [0.5, 0.6) is 0 Å². The Labute approximate surface area is 121 Å². The fourth-order valence-electron chi connectivity index (χ4n) is 1.75. The summed E-state index contributed by atoms with van der Waals surface area (Å²) in [5, 5.41) is 0.434. The molecule has 0 N–H and O–H groups in total. The van der Waals surface area contributed by atoms with Crippen LogP contribution >= 0.6 is 23.2 Å². The molecule has 0 aliphatic rings. The first-order valence-corrected chi connectivity index (χ1v) is 6.70. The SMILES string of the molecule is CC(C)Cc1cc(Cl)nc(-c2ccc(Cl)c(F)c2)n1. The molecule has 0 bridgehead atoms. The van der Waals surface area contributed by atoms with Crippen LogP contribution in [0.25, 0.3) is 11.4 Å². The second kappa shape index (κ2) is 5.85. The van der Waals surface area contributed by atoms with E-state index in [4.69, 9.17) is 23.2 Å². The molecule has 1 aromatic carbocycles. The van der Waals surface area contributed by atoms with Crippen molar-refractivity contribution in [1.82, 2.24) is 9.97 Å². The highest BCUT2D eigenvalue weighted by atomic mass is 35.5. The van der Waals surface area contributed by atoms with Crippen LogP contribution in [0.3, 0.4) is 0 Å². The summed E-state index contributed by atoms with van der Waals surface area (Å²) >= 11 is 11.6. The van der Waals surface area contributed by atoms with Crippen molar-refractivity contribution in [3.63, 3.8) is 0 Å². The summed E-state index contributed by atoms with van der Waals surface area (Å²) in [4.78, 5) is 8.54. The molecule has 2 nitrogen and oxygen atoms in total. The Hall–Kier alpha value is -1.19. The predicted molar refractivity (Wildman–Crippen MR) is 76.0 cm³/mol. The molecule has 2 rings (SSSR count). The molecule has 2 aromatic rings. The molecule has 100 valence electrons. The molecule has 5 heteroatoms. The van der Waals surface area contributed by atoms with Gasteiger partial charge in [0.2, 0.25) is 0 Å². The normalized spacial score (nSPS) is 11.1. The van der Waals surface area contributed by atoms with E-state index in [1.54, 1.807) is 12.1 Å². The van der Waals surface area contributed by atoms with Crippen molar-refractivity contribution >= 4 is 23.2 Å². The minimum absolute atomic E-state index is 0.0770. The molecular weight excluding hydrogens is 286 g/mol. The lowest BCUT2D eigenvalue weighted by atomic mass is 10.1. The number of aromatic nitrogens is 2. The van der Waals surface area contributed by atoms with E-state index in [1.807, 2.05) is 0 Å². The molecule has 1 aromatic heterocycles. The van der Waals surface area contributed by atoms with Crippen molar-refractivity contribution in [1.29, 1.82) is 0 Å². The van der Waals surface area contributed by atoms with Crippen LogP contribution in [-0.2, 0) is 6.42 Å². The molecule has 0 aliphatic heterocycles. The van der Waals surface area contributed by atoms with Gasteiger partial charge < -0.3 is 0 Å². The van der Waals surface area contributed by atoms with E-state index in [0.717, 1.165) is 12.1 Å². The van der Waals surface area contributed by atoms with Gasteiger partial charge in [-0.1, -0.05) is 37.0 Å². The van der Waals surface area contributed by atoms with Crippen molar-refractivity contribution in [2.75, 3.05) is 0 Å². The lowest BCUT2D eigenvalue weighted by molar-refractivity contribution is 0.627. The third kappa shape index (κ3) is 3.64. The monoisotopic (exact) mass is 298 g/mol. The summed E-state index contributed by atoms with van der Waals surface area (Å²) in [7, 11) is 0. The standard InChI is InChI=1S/C14H13Cl2FN2/c1-8(2)5-10-7-13(16)19-14(18-10)9-3-4-11(15)12(17)6-9/h3-4,6-8H,5H2,1-2H3. The Morgan fingerprint density at radius 1 is 1.16 bits per heavy atom. The van der Waals surface area contributed by atoms with E-state index in [-0.39, 0.29) is 5.02 Å². The first kappa shape index (κ1) is 14.2. The average molecular weight is 299 g/mol. The summed E-state index contributed by atoms with van der Waals surface area (Å²) in [6.45, 7) is 4.19. The zero-order valence-electron chi connectivity index (χ0n) is 10.6. The molecule has 1 heterocycles. The maximum Gasteiger partial charge on any atom is 0.161 e. The van der Waals surface area contributed by atoms with E-state index >= 15 is 0 Å². The molecule has 0 aliphatic carbocycles. The van der Waals surface area contributed by atoms with Gasteiger partial charge in [0.05, 0.1) is 5.02 Å². The highest BCUT2D eigenvalue weighted by Gasteiger charge is 2.09. The van der Waals surface area contributed by atoms with Gasteiger partial charge in [-0.05, 0) is 36.6 Å². The molecule has 0 unspecified atom stereocenters. The smallest absolute Gasteiger partial charge is 0.161 e. The molecule has 19 heavy (non-hydrogen) atoms. The third-order valence-electron chi connectivity index (χ3n) is 2.54. The van der Waals surface area contributed by atoms with Crippen LogP contribution in [0.2, 0.25) is 10.2 Å². The van der Waals surface area contributed by atoms with E-state index in [1.165, 1.54) is 12.1 Å². The predicted octanol–water partition coefficient (Wildman–Crippen LogP) is 4.79. The minimum atomic E-state index is -0.492. The molecular formula is C14H13Cl2FN2. The number of halogens is 3. The fourth-order valence-corrected chi connectivity index (χ4v) is 2.07. The minimum Gasteiger partial charge on any atom is -0.233 e. The lowest BCUT2D eigenvalue weighted by Gasteiger charge is -2.07. The Kier molecular flexibility index (Phi) is 4.38. The van der Waals surface area contributed by atoms with Gasteiger partial charge in [0.1, 0.15) is 11.0 Å². The first-order chi connectivity index (χ1) is 8.95. The van der Waals surface area contributed by atoms with Crippen LogP contribution < -0.4 is 0 Å². The van der Waals surface area contributed by atoms with Crippen molar-refractivity contribution in [3.05, 3.63) is 46.0 Å². The van der Waals surface area contributed by atoms with Gasteiger partial charge in [0.25, 0.3) is 0 Å². The zero-order valence-corrected chi connectivity index (χ0v) is 12.1. The summed E-state index contributed by atoms with van der Waals surface area (Å²) in [6.07, 6.45) is 0.797. The number of benzene rings is 1. The number of rotatable bonds is 3. The van der Waals surface area contributed by atoms with Gasteiger partial charge in [-0.3, -0.25) is 0 Å². The Morgan fingerprint density at radius 3 is 2.53 bits per heavy atom. The summed E-state index contributed by atoms with van der Waals surface area (Å²) in [5.74, 6) is 0.382. The van der Waals surface area contributed by atoms with Crippen molar-refractivity contribution in [2.45, 2.75) is 20.3 Å². The van der Waals surface area contributed by atoms with Gasteiger partial charge in [0, 0.05) is 11.3 Å². The first-order valence-electron chi connectivity index (χ1n) is 5.94. The van der Waals surface area contributed by atoms with Crippen LogP contribution in [0, 0.1) is 11.7 Å². The molecule has 0 fully saturated rings. The number of hydrogen-bond donors (Lipinski definition) is 0.